The summed E-state index contributed by atoms with van der Waals surface area (Å²) in [6.07, 6.45) is -0.865. The monoisotopic (exact) mass is 345 g/mol. The minimum atomic E-state index is -1.39. The topological polar surface area (TPSA) is 94.1 Å². The van der Waals surface area contributed by atoms with Gasteiger partial charge in [-0.3, -0.25) is 0 Å². The highest BCUT2D eigenvalue weighted by atomic mass is 35.5. The van der Waals surface area contributed by atoms with Crippen molar-refractivity contribution >= 4 is 23.7 Å². The summed E-state index contributed by atoms with van der Waals surface area (Å²) in [6, 6.07) is 1.56. The Bertz CT molecular complexity index is 596. The van der Waals surface area contributed by atoms with Crippen LogP contribution in [0.25, 0.3) is 0 Å². The van der Waals surface area contributed by atoms with E-state index in [4.69, 9.17) is 25.8 Å². The number of methoxy groups -OCH3 is 2. The van der Waals surface area contributed by atoms with E-state index in [1.807, 2.05) is 0 Å². The molecule has 1 amide bonds. The van der Waals surface area contributed by atoms with Crippen LogP contribution in [0, 0.1) is 0 Å². The molecule has 1 aromatic rings. The van der Waals surface area contributed by atoms with Crippen molar-refractivity contribution in [2.45, 2.75) is 32.4 Å². The van der Waals surface area contributed by atoms with E-state index in [0.29, 0.717) is 5.75 Å². The van der Waals surface area contributed by atoms with Gasteiger partial charge in [-0.2, -0.15) is 0 Å². The van der Waals surface area contributed by atoms with E-state index in [1.165, 1.54) is 26.4 Å². The normalized spacial score (nSPS) is 12.3. The van der Waals surface area contributed by atoms with Gasteiger partial charge in [-0.1, -0.05) is 17.7 Å². The lowest BCUT2D eigenvalue weighted by atomic mass is 10.1. The van der Waals surface area contributed by atoms with Crippen LogP contribution in [0.5, 0.6) is 11.5 Å². The molecular weight excluding hydrogens is 326 g/mol. The Balaban J connectivity index is 3.17. The molecule has 0 heterocycles. The van der Waals surface area contributed by atoms with Crippen LogP contribution < -0.4 is 14.8 Å². The summed E-state index contributed by atoms with van der Waals surface area (Å²) in [7, 11) is 2.81. The molecule has 7 nitrogen and oxygen atoms in total. The molecule has 2 N–H and O–H groups in total. The summed E-state index contributed by atoms with van der Waals surface area (Å²) in [6.45, 7) is 5.02. The summed E-state index contributed by atoms with van der Waals surface area (Å²) in [5.74, 6) is -0.753. The molecule has 0 aliphatic carbocycles. The zero-order valence-electron chi connectivity index (χ0n) is 13.6. The average Bonchev–Trinajstić information content (AvgIpc) is 2.42. The molecule has 0 aliphatic rings. The quantitative estimate of drug-likeness (QED) is 0.852. The zero-order valence-corrected chi connectivity index (χ0v) is 14.4. The number of halogens is 1. The second kappa shape index (κ2) is 7.41. The number of alkyl carbamates (subject to hydrolysis) is 1. The van der Waals surface area contributed by atoms with Gasteiger partial charge in [0.25, 0.3) is 0 Å². The van der Waals surface area contributed by atoms with Gasteiger partial charge in [0.05, 0.1) is 19.2 Å². The molecular formula is C15H20ClNO6. The molecule has 1 aromatic carbocycles. The van der Waals surface area contributed by atoms with E-state index in [0.717, 1.165) is 0 Å². The highest BCUT2D eigenvalue weighted by molar-refractivity contribution is 6.33. The van der Waals surface area contributed by atoms with Gasteiger partial charge in [0.1, 0.15) is 5.60 Å². The molecule has 0 spiro atoms. The third kappa shape index (κ3) is 4.92. The van der Waals surface area contributed by atoms with Crippen LogP contribution in [0.15, 0.2) is 12.1 Å². The maximum Gasteiger partial charge on any atom is 0.408 e. The van der Waals surface area contributed by atoms with E-state index in [9.17, 15) is 14.7 Å². The molecule has 0 saturated heterocycles. The Labute approximate surface area is 139 Å². The molecule has 0 aromatic heterocycles. The minimum Gasteiger partial charge on any atom is -0.493 e. The van der Waals surface area contributed by atoms with Crippen molar-refractivity contribution in [3.05, 3.63) is 22.7 Å². The molecule has 8 heteroatoms. The van der Waals surface area contributed by atoms with Crippen molar-refractivity contribution in [1.29, 1.82) is 0 Å². The largest absolute Gasteiger partial charge is 0.493 e. The minimum absolute atomic E-state index is 0.0373. The fourth-order valence-corrected chi connectivity index (χ4v) is 2.17. The molecule has 23 heavy (non-hydrogen) atoms. The molecule has 1 unspecified atom stereocenters. The number of carbonyl (C=O) groups excluding carboxylic acids is 1. The SMILES string of the molecule is COc1ccc(C(NC(=O)OC(C)(C)C)C(=O)O)c(Cl)c1OC. The van der Waals surface area contributed by atoms with Crippen LogP contribution in [0.3, 0.4) is 0 Å². The van der Waals surface area contributed by atoms with Gasteiger partial charge in [0.2, 0.25) is 0 Å². The number of carboxylic acid groups (broad SMARTS) is 1. The van der Waals surface area contributed by atoms with Gasteiger partial charge in [-0.15, -0.1) is 0 Å². The average molecular weight is 346 g/mol. The Kier molecular flexibility index (Phi) is 6.09. The number of carboxylic acids is 1. The molecule has 0 aliphatic heterocycles. The first-order valence-electron chi connectivity index (χ1n) is 6.73. The summed E-state index contributed by atoms with van der Waals surface area (Å²) in [5, 5.41) is 11.7. The maximum atomic E-state index is 11.8. The van der Waals surface area contributed by atoms with Crippen LogP contribution in [0.2, 0.25) is 5.02 Å². The lowest BCUT2D eigenvalue weighted by Crippen LogP contribution is -2.38. The molecule has 0 bridgehead atoms. The maximum absolute atomic E-state index is 11.8. The standard InChI is InChI=1S/C15H20ClNO6/c1-15(2,3)23-14(20)17-11(13(18)19)8-6-7-9(21-4)12(22-5)10(8)16/h6-7,11H,1-5H3,(H,17,20)(H,18,19). The van der Waals surface area contributed by atoms with Gasteiger partial charge in [-0.05, 0) is 26.8 Å². The van der Waals surface area contributed by atoms with Gasteiger partial charge in [0.15, 0.2) is 17.5 Å². The number of ether oxygens (including phenoxy) is 3. The van der Waals surface area contributed by atoms with Gasteiger partial charge >= 0.3 is 12.1 Å². The summed E-state index contributed by atoms with van der Waals surface area (Å²) < 4.78 is 15.3. The van der Waals surface area contributed by atoms with Crippen LogP contribution >= 0.6 is 11.6 Å². The highest BCUT2D eigenvalue weighted by Crippen LogP contribution is 2.39. The van der Waals surface area contributed by atoms with E-state index >= 15 is 0 Å². The predicted molar refractivity (Wildman–Crippen MR) is 84.3 cm³/mol. The number of rotatable bonds is 5. The van der Waals surface area contributed by atoms with Crippen molar-refractivity contribution < 1.29 is 28.9 Å². The lowest BCUT2D eigenvalue weighted by molar-refractivity contribution is -0.139. The smallest absolute Gasteiger partial charge is 0.408 e. The first kappa shape index (κ1) is 18.9. The lowest BCUT2D eigenvalue weighted by Gasteiger charge is -2.23. The fourth-order valence-electron chi connectivity index (χ4n) is 1.83. The van der Waals surface area contributed by atoms with Crippen LogP contribution in [0.1, 0.15) is 32.4 Å². The molecule has 128 valence electrons. The van der Waals surface area contributed by atoms with Crippen LogP contribution in [-0.4, -0.2) is 37.0 Å². The number of benzene rings is 1. The number of hydrogen-bond acceptors (Lipinski definition) is 5. The Morgan fingerprint density at radius 2 is 1.83 bits per heavy atom. The van der Waals surface area contributed by atoms with Gasteiger partial charge in [-0.25, -0.2) is 9.59 Å². The molecule has 0 radical (unpaired) electrons. The van der Waals surface area contributed by atoms with Gasteiger partial charge < -0.3 is 24.6 Å². The van der Waals surface area contributed by atoms with Crippen molar-refractivity contribution in [2.24, 2.45) is 0 Å². The summed E-state index contributed by atoms with van der Waals surface area (Å²) in [5.41, 5.74) is -0.600. The molecule has 1 atom stereocenters. The van der Waals surface area contributed by atoms with E-state index < -0.39 is 23.7 Å². The van der Waals surface area contributed by atoms with E-state index in [2.05, 4.69) is 5.32 Å². The summed E-state index contributed by atoms with van der Waals surface area (Å²) >= 11 is 6.19. The van der Waals surface area contributed by atoms with E-state index in [-0.39, 0.29) is 16.3 Å². The summed E-state index contributed by atoms with van der Waals surface area (Å²) in [4.78, 5) is 23.3. The van der Waals surface area contributed by atoms with Crippen molar-refractivity contribution in [3.63, 3.8) is 0 Å². The van der Waals surface area contributed by atoms with Crippen LogP contribution in [-0.2, 0) is 9.53 Å². The van der Waals surface area contributed by atoms with Crippen LogP contribution in [0.4, 0.5) is 4.79 Å². The number of amides is 1. The number of hydrogen-bond donors (Lipinski definition) is 2. The Morgan fingerprint density at radius 1 is 1.22 bits per heavy atom. The fraction of sp³-hybridized carbons (Fsp3) is 0.467. The van der Waals surface area contributed by atoms with Crippen molar-refractivity contribution in [1.82, 2.24) is 5.32 Å². The third-order valence-electron chi connectivity index (χ3n) is 2.73. The van der Waals surface area contributed by atoms with E-state index in [1.54, 1.807) is 20.8 Å². The second-order valence-corrected chi connectivity index (χ2v) is 6.00. The first-order chi connectivity index (χ1) is 10.6. The Hall–Kier alpha value is -2.15. The first-order valence-corrected chi connectivity index (χ1v) is 7.11. The second-order valence-electron chi connectivity index (χ2n) is 5.62. The van der Waals surface area contributed by atoms with Crippen molar-refractivity contribution in [2.75, 3.05) is 14.2 Å². The van der Waals surface area contributed by atoms with Gasteiger partial charge in [0, 0.05) is 5.56 Å². The molecule has 1 rings (SSSR count). The number of aliphatic carboxylic acids is 1. The molecule has 0 fully saturated rings. The Morgan fingerprint density at radius 3 is 2.26 bits per heavy atom. The number of carbonyl (C=O) groups is 2. The van der Waals surface area contributed by atoms with Crippen molar-refractivity contribution in [3.8, 4) is 11.5 Å². The zero-order chi connectivity index (χ0) is 17.8. The number of nitrogens with one attached hydrogen (secondary N) is 1. The third-order valence-corrected chi connectivity index (χ3v) is 3.12. The predicted octanol–water partition coefficient (Wildman–Crippen LogP) is 3.01. The molecule has 0 saturated carbocycles. The highest BCUT2D eigenvalue weighted by Gasteiger charge is 2.29.